The molecule has 0 aromatic heterocycles. The molecule has 0 amide bonds. The van der Waals surface area contributed by atoms with Crippen LogP contribution in [0.3, 0.4) is 0 Å². The highest BCUT2D eigenvalue weighted by molar-refractivity contribution is 5.21. The molecule has 0 fully saturated rings. The molecule has 18 heavy (non-hydrogen) atoms. The Morgan fingerprint density at radius 1 is 1.06 bits per heavy atom. The largest absolute Gasteiger partial charge is 0.321 e. The van der Waals surface area contributed by atoms with Gasteiger partial charge in [-0.3, -0.25) is 0 Å². The van der Waals surface area contributed by atoms with Gasteiger partial charge in [-0.25, -0.2) is 0 Å². The number of unbranched alkanes of at least 4 members (excludes halogenated alkanes) is 3. The van der Waals surface area contributed by atoms with Crippen LogP contribution in [0.15, 0.2) is 42.5 Å². The number of benzene rings is 1. The van der Waals surface area contributed by atoms with Crippen LogP contribution in [-0.2, 0) is 0 Å². The van der Waals surface area contributed by atoms with E-state index in [2.05, 4.69) is 70.6 Å². The average Bonchev–Trinajstić information content (AvgIpc) is 2.33. The van der Waals surface area contributed by atoms with Crippen molar-refractivity contribution in [3.63, 3.8) is 0 Å². The van der Waals surface area contributed by atoms with E-state index in [0.29, 0.717) is 6.04 Å². The van der Waals surface area contributed by atoms with Crippen LogP contribution in [-0.4, -0.2) is 25.6 Å². The van der Waals surface area contributed by atoms with Gasteiger partial charge in [0, 0.05) is 5.56 Å². The number of hydrogen-bond acceptors (Lipinski definition) is 0. The molecule has 0 heterocycles. The molecule has 1 aromatic carbocycles. The molecule has 1 heteroatoms. The van der Waals surface area contributed by atoms with Crippen molar-refractivity contribution in [2.24, 2.45) is 0 Å². The summed E-state index contributed by atoms with van der Waals surface area (Å²) in [5, 5.41) is 0. The molecule has 0 spiro atoms. The number of allylic oxidation sites excluding steroid dienone is 1. The van der Waals surface area contributed by atoms with Gasteiger partial charge in [-0.15, -0.1) is 0 Å². The van der Waals surface area contributed by atoms with Gasteiger partial charge in [-0.1, -0.05) is 56.2 Å². The van der Waals surface area contributed by atoms with E-state index in [1.807, 2.05) is 0 Å². The van der Waals surface area contributed by atoms with E-state index in [4.69, 9.17) is 0 Å². The Kier molecular flexibility index (Phi) is 6.14. The third-order valence-electron chi connectivity index (χ3n) is 3.27. The van der Waals surface area contributed by atoms with E-state index in [1.54, 1.807) is 0 Å². The molecule has 0 N–H and O–H groups in total. The third-order valence-corrected chi connectivity index (χ3v) is 3.27. The Morgan fingerprint density at radius 2 is 1.72 bits per heavy atom. The monoisotopic (exact) mass is 246 g/mol. The minimum atomic E-state index is 0.452. The summed E-state index contributed by atoms with van der Waals surface area (Å²) >= 11 is 0. The second kappa shape index (κ2) is 7.38. The average molecular weight is 246 g/mol. The zero-order valence-corrected chi connectivity index (χ0v) is 12.4. The molecule has 0 saturated carbocycles. The Balaban J connectivity index is 2.69. The van der Waals surface area contributed by atoms with Crippen LogP contribution in [0.4, 0.5) is 0 Å². The Labute approximate surface area is 113 Å². The van der Waals surface area contributed by atoms with Crippen molar-refractivity contribution >= 4 is 0 Å². The summed E-state index contributed by atoms with van der Waals surface area (Å²) in [4.78, 5) is 0. The SMILES string of the molecule is CCCCCC=CC(c1ccccc1)[N+](C)(C)C. The van der Waals surface area contributed by atoms with Gasteiger partial charge in [0.15, 0.2) is 0 Å². The van der Waals surface area contributed by atoms with Crippen LogP contribution in [0.2, 0.25) is 0 Å². The molecule has 1 atom stereocenters. The number of hydrogen-bond donors (Lipinski definition) is 0. The summed E-state index contributed by atoms with van der Waals surface area (Å²) < 4.78 is 0.939. The maximum Gasteiger partial charge on any atom is 0.133 e. The molecule has 0 bridgehead atoms. The third kappa shape index (κ3) is 5.05. The lowest BCUT2D eigenvalue weighted by Gasteiger charge is -2.32. The van der Waals surface area contributed by atoms with E-state index in [1.165, 1.54) is 31.2 Å². The minimum absolute atomic E-state index is 0.452. The van der Waals surface area contributed by atoms with Crippen LogP contribution >= 0.6 is 0 Å². The smallest absolute Gasteiger partial charge is 0.133 e. The van der Waals surface area contributed by atoms with Gasteiger partial charge in [0.05, 0.1) is 21.1 Å². The van der Waals surface area contributed by atoms with Gasteiger partial charge in [-0.05, 0) is 18.9 Å². The molecule has 0 aliphatic rings. The van der Waals surface area contributed by atoms with Crippen LogP contribution in [0, 0.1) is 0 Å². The highest BCUT2D eigenvalue weighted by Gasteiger charge is 2.22. The van der Waals surface area contributed by atoms with Crippen molar-refractivity contribution in [3.8, 4) is 0 Å². The molecule has 1 rings (SSSR count). The van der Waals surface area contributed by atoms with E-state index in [-0.39, 0.29) is 0 Å². The first kappa shape index (κ1) is 15.0. The van der Waals surface area contributed by atoms with Crippen molar-refractivity contribution in [2.75, 3.05) is 21.1 Å². The van der Waals surface area contributed by atoms with Crippen LogP contribution in [0.25, 0.3) is 0 Å². The fourth-order valence-electron chi connectivity index (χ4n) is 2.20. The van der Waals surface area contributed by atoms with Gasteiger partial charge in [0.1, 0.15) is 6.04 Å². The molecule has 0 saturated heterocycles. The summed E-state index contributed by atoms with van der Waals surface area (Å²) in [6.07, 6.45) is 9.89. The van der Waals surface area contributed by atoms with Gasteiger partial charge in [0.2, 0.25) is 0 Å². The lowest BCUT2D eigenvalue weighted by molar-refractivity contribution is -0.895. The lowest BCUT2D eigenvalue weighted by Crippen LogP contribution is -2.37. The van der Waals surface area contributed by atoms with E-state index in [9.17, 15) is 0 Å². The zero-order chi connectivity index (χ0) is 13.4. The first-order valence-electron chi connectivity index (χ1n) is 7.08. The molecule has 0 aliphatic carbocycles. The first-order chi connectivity index (χ1) is 8.55. The highest BCUT2D eigenvalue weighted by Crippen LogP contribution is 2.24. The number of quaternary nitrogens is 1. The molecular weight excluding hydrogens is 218 g/mol. The van der Waals surface area contributed by atoms with Crippen LogP contribution in [0.5, 0.6) is 0 Å². The summed E-state index contributed by atoms with van der Waals surface area (Å²) in [5.41, 5.74) is 1.40. The predicted octanol–water partition coefficient (Wildman–Crippen LogP) is 4.57. The van der Waals surface area contributed by atoms with Gasteiger partial charge in [0.25, 0.3) is 0 Å². The Bertz CT molecular complexity index is 346. The van der Waals surface area contributed by atoms with Crippen LogP contribution in [0.1, 0.15) is 44.2 Å². The van der Waals surface area contributed by atoms with Crippen molar-refractivity contribution in [1.29, 1.82) is 0 Å². The highest BCUT2D eigenvalue weighted by atomic mass is 15.3. The van der Waals surface area contributed by atoms with Crippen molar-refractivity contribution in [1.82, 2.24) is 0 Å². The molecule has 0 radical (unpaired) electrons. The van der Waals surface area contributed by atoms with Gasteiger partial charge >= 0.3 is 0 Å². The summed E-state index contributed by atoms with van der Waals surface area (Å²) in [6.45, 7) is 2.25. The maximum atomic E-state index is 2.38. The second-order valence-corrected chi connectivity index (χ2v) is 5.90. The maximum absolute atomic E-state index is 2.38. The van der Waals surface area contributed by atoms with E-state index in [0.717, 1.165) is 4.48 Å². The molecular formula is C17H28N+. The minimum Gasteiger partial charge on any atom is -0.321 e. The normalized spacial score (nSPS) is 14.0. The Hall–Kier alpha value is -1.08. The number of nitrogens with zero attached hydrogens (tertiary/aromatic N) is 1. The predicted molar refractivity (Wildman–Crippen MR) is 80.5 cm³/mol. The molecule has 1 aromatic rings. The van der Waals surface area contributed by atoms with Crippen molar-refractivity contribution in [3.05, 3.63) is 48.0 Å². The molecule has 1 unspecified atom stereocenters. The number of likely N-dealkylation sites (N-methyl/N-ethyl adjacent to an activating group) is 1. The Morgan fingerprint density at radius 3 is 2.28 bits per heavy atom. The first-order valence-corrected chi connectivity index (χ1v) is 7.08. The fraction of sp³-hybridized carbons (Fsp3) is 0.529. The summed E-state index contributed by atoms with van der Waals surface area (Å²) in [6, 6.07) is 11.2. The lowest BCUT2D eigenvalue weighted by atomic mass is 10.0. The van der Waals surface area contributed by atoms with Crippen molar-refractivity contribution < 1.29 is 4.48 Å². The molecule has 0 aliphatic heterocycles. The standard InChI is InChI=1S/C17H28N/c1-5-6-7-8-12-15-17(18(2,3)4)16-13-10-9-11-14-16/h9-15,17H,5-8H2,1-4H3/q+1. The fourth-order valence-corrected chi connectivity index (χ4v) is 2.20. The molecule has 100 valence electrons. The van der Waals surface area contributed by atoms with Crippen molar-refractivity contribution in [2.45, 2.75) is 38.6 Å². The van der Waals surface area contributed by atoms with E-state index < -0.39 is 0 Å². The van der Waals surface area contributed by atoms with E-state index >= 15 is 0 Å². The number of rotatable bonds is 7. The second-order valence-electron chi connectivity index (χ2n) is 5.90. The van der Waals surface area contributed by atoms with Crippen LogP contribution < -0.4 is 0 Å². The summed E-state index contributed by atoms with van der Waals surface area (Å²) in [7, 11) is 6.77. The molecule has 1 nitrogen and oxygen atoms in total. The van der Waals surface area contributed by atoms with Gasteiger partial charge < -0.3 is 4.48 Å². The topological polar surface area (TPSA) is 0 Å². The quantitative estimate of drug-likeness (QED) is 0.375. The summed E-state index contributed by atoms with van der Waals surface area (Å²) in [5.74, 6) is 0. The zero-order valence-electron chi connectivity index (χ0n) is 12.4. The van der Waals surface area contributed by atoms with Gasteiger partial charge in [-0.2, -0.15) is 0 Å².